The first-order chi connectivity index (χ1) is 10.1. The minimum Gasteiger partial charge on any atom is -0.377 e. The van der Waals surface area contributed by atoms with Crippen molar-refractivity contribution in [2.75, 3.05) is 13.8 Å². The number of fused-ring (bicyclic) bond motifs is 2. The molecule has 4 atom stereocenters. The molecule has 0 aromatic heterocycles. The number of carbonyl (C=O) groups excluding carboxylic acids is 1. The first-order valence-corrected chi connectivity index (χ1v) is 7.85. The maximum Gasteiger partial charge on any atom is 0.227 e. The number of nitrogens with zero attached hydrogens (tertiary/aromatic N) is 1. The van der Waals surface area contributed by atoms with Crippen LogP contribution in [0.4, 0.5) is 0 Å². The summed E-state index contributed by atoms with van der Waals surface area (Å²) >= 11 is 5.97. The van der Waals surface area contributed by atoms with E-state index in [0.717, 1.165) is 19.3 Å². The zero-order chi connectivity index (χ0) is 15.0. The van der Waals surface area contributed by atoms with Gasteiger partial charge in [0, 0.05) is 17.1 Å². The second kappa shape index (κ2) is 5.95. The minimum atomic E-state index is -0.303. The van der Waals surface area contributed by atoms with Gasteiger partial charge in [0.2, 0.25) is 5.91 Å². The Morgan fingerprint density at radius 2 is 2.10 bits per heavy atom. The molecule has 2 aliphatic heterocycles. The normalized spacial score (nSPS) is 32.1. The number of piperidine rings is 1. The molecule has 1 aromatic carbocycles. The molecule has 2 bridgehead atoms. The number of hydrogen-bond acceptors (Lipinski definition) is 3. The molecule has 2 saturated heterocycles. The van der Waals surface area contributed by atoms with Gasteiger partial charge >= 0.3 is 0 Å². The lowest BCUT2D eigenvalue weighted by atomic mass is 9.75. The van der Waals surface area contributed by atoms with Crippen LogP contribution in [0.5, 0.6) is 0 Å². The van der Waals surface area contributed by atoms with Crippen LogP contribution in [-0.4, -0.2) is 41.8 Å². The van der Waals surface area contributed by atoms with Crippen molar-refractivity contribution in [3.05, 3.63) is 34.9 Å². The van der Waals surface area contributed by atoms with Gasteiger partial charge in [-0.3, -0.25) is 9.69 Å². The number of benzene rings is 1. The largest absolute Gasteiger partial charge is 0.377 e. The van der Waals surface area contributed by atoms with Gasteiger partial charge in [0.1, 0.15) is 6.73 Å². The maximum atomic E-state index is 12.5. The SMILES string of the molecule is CN1C2CCC1C(C(=O)NCO)[C@@H](c1ccc(Cl)cc1)C2. The van der Waals surface area contributed by atoms with E-state index in [1.807, 2.05) is 24.3 Å². The van der Waals surface area contributed by atoms with E-state index in [1.165, 1.54) is 5.56 Å². The van der Waals surface area contributed by atoms with Gasteiger partial charge in [-0.25, -0.2) is 0 Å². The lowest BCUT2D eigenvalue weighted by Crippen LogP contribution is -2.51. The molecule has 1 aromatic rings. The van der Waals surface area contributed by atoms with Crippen LogP contribution in [0.25, 0.3) is 0 Å². The summed E-state index contributed by atoms with van der Waals surface area (Å²) in [5, 5.41) is 12.3. The molecule has 2 N–H and O–H groups in total. The lowest BCUT2D eigenvalue weighted by Gasteiger charge is -2.42. The van der Waals surface area contributed by atoms with Crippen molar-refractivity contribution in [3.8, 4) is 0 Å². The highest BCUT2D eigenvalue weighted by Gasteiger charge is 2.48. The average Bonchev–Trinajstić information content (AvgIpc) is 2.72. The molecule has 0 saturated carbocycles. The fourth-order valence-corrected chi connectivity index (χ4v) is 4.20. The van der Waals surface area contributed by atoms with Crippen LogP contribution in [0.1, 0.15) is 30.7 Å². The predicted octanol–water partition coefficient (Wildman–Crippen LogP) is 1.97. The fraction of sp³-hybridized carbons (Fsp3) is 0.562. The molecule has 5 heteroatoms. The smallest absolute Gasteiger partial charge is 0.227 e. The number of carbonyl (C=O) groups is 1. The monoisotopic (exact) mass is 308 g/mol. The standard InChI is InChI=1S/C16H21ClN2O2/c1-19-12-6-7-14(19)15(16(21)18-9-20)13(8-12)10-2-4-11(17)5-3-10/h2-5,12-15,20H,6-9H2,1H3,(H,18,21)/t12?,13-,14?,15?/m1/s1. The Labute approximate surface area is 130 Å². The van der Waals surface area contributed by atoms with Crippen LogP contribution in [-0.2, 0) is 4.79 Å². The lowest BCUT2D eigenvalue weighted by molar-refractivity contribution is -0.130. The Morgan fingerprint density at radius 3 is 2.76 bits per heavy atom. The molecule has 2 heterocycles. The summed E-state index contributed by atoms with van der Waals surface area (Å²) in [4.78, 5) is 14.8. The highest BCUT2D eigenvalue weighted by molar-refractivity contribution is 6.30. The number of aliphatic hydroxyl groups is 1. The third kappa shape index (κ3) is 2.68. The first-order valence-electron chi connectivity index (χ1n) is 7.47. The third-order valence-corrected chi connectivity index (χ3v) is 5.37. The van der Waals surface area contributed by atoms with Gasteiger partial charge in [0.05, 0.1) is 5.92 Å². The van der Waals surface area contributed by atoms with Crippen LogP contribution in [0, 0.1) is 5.92 Å². The quantitative estimate of drug-likeness (QED) is 0.840. The summed E-state index contributed by atoms with van der Waals surface area (Å²) < 4.78 is 0. The van der Waals surface area contributed by atoms with Gasteiger partial charge in [-0.1, -0.05) is 23.7 Å². The summed E-state index contributed by atoms with van der Waals surface area (Å²) in [6.45, 7) is -0.303. The molecular formula is C16H21ClN2O2. The topological polar surface area (TPSA) is 52.6 Å². The van der Waals surface area contributed by atoms with Crippen LogP contribution >= 0.6 is 11.6 Å². The van der Waals surface area contributed by atoms with Gasteiger partial charge in [-0.05, 0) is 49.9 Å². The van der Waals surface area contributed by atoms with Crippen molar-refractivity contribution in [1.82, 2.24) is 10.2 Å². The molecule has 21 heavy (non-hydrogen) atoms. The van der Waals surface area contributed by atoms with E-state index in [1.54, 1.807) is 0 Å². The Bertz CT molecular complexity index is 520. The second-order valence-electron chi connectivity index (χ2n) is 6.08. The van der Waals surface area contributed by atoms with E-state index >= 15 is 0 Å². The number of amides is 1. The molecule has 114 valence electrons. The zero-order valence-corrected chi connectivity index (χ0v) is 12.9. The molecule has 3 rings (SSSR count). The number of halogens is 1. The molecule has 2 aliphatic rings. The van der Waals surface area contributed by atoms with Gasteiger partial charge in [0.15, 0.2) is 0 Å². The summed E-state index contributed by atoms with van der Waals surface area (Å²) in [5.74, 6) is 0.0410. The highest BCUT2D eigenvalue weighted by Crippen LogP contribution is 2.46. The van der Waals surface area contributed by atoms with Crippen molar-refractivity contribution < 1.29 is 9.90 Å². The molecule has 3 unspecified atom stereocenters. The summed E-state index contributed by atoms with van der Waals surface area (Å²) in [5.41, 5.74) is 1.17. The fourth-order valence-electron chi connectivity index (χ4n) is 4.07. The van der Waals surface area contributed by atoms with E-state index < -0.39 is 0 Å². The van der Waals surface area contributed by atoms with E-state index in [-0.39, 0.29) is 30.5 Å². The van der Waals surface area contributed by atoms with Crippen LogP contribution in [0.3, 0.4) is 0 Å². The van der Waals surface area contributed by atoms with Gasteiger partial charge in [-0.2, -0.15) is 0 Å². The molecular weight excluding hydrogens is 288 g/mol. The number of rotatable bonds is 3. The maximum absolute atomic E-state index is 12.5. The third-order valence-electron chi connectivity index (χ3n) is 5.12. The van der Waals surface area contributed by atoms with Crippen LogP contribution < -0.4 is 5.32 Å². The molecule has 0 aliphatic carbocycles. The van der Waals surface area contributed by atoms with Crippen molar-refractivity contribution in [2.45, 2.75) is 37.3 Å². The zero-order valence-electron chi connectivity index (χ0n) is 12.1. The molecule has 4 nitrogen and oxygen atoms in total. The van der Waals surface area contributed by atoms with Crippen molar-refractivity contribution in [1.29, 1.82) is 0 Å². The molecule has 0 spiro atoms. The Morgan fingerprint density at radius 1 is 1.38 bits per heavy atom. The number of aliphatic hydroxyl groups excluding tert-OH is 1. The van der Waals surface area contributed by atoms with E-state index in [4.69, 9.17) is 16.7 Å². The Kier molecular flexibility index (Phi) is 4.20. The van der Waals surface area contributed by atoms with Crippen molar-refractivity contribution >= 4 is 17.5 Å². The summed E-state index contributed by atoms with van der Waals surface area (Å²) in [7, 11) is 2.11. The van der Waals surface area contributed by atoms with Crippen LogP contribution in [0.15, 0.2) is 24.3 Å². The summed E-state index contributed by atoms with van der Waals surface area (Å²) in [6, 6.07) is 8.63. The summed E-state index contributed by atoms with van der Waals surface area (Å²) in [6.07, 6.45) is 3.18. The van der Waals surface area contributed by atoms with Crippen molar-refractivity contribution in [3.63, 3.8) is 0 Å². The Hall–Kier alpha value is -1.10. The van der Waals surface area contributed by atoms with Crippen molar-refractivity contribution in [2.24, 2.45) is 5.92 Å². The second-order valence-corrected chi connectivity index (χ2v) is 6.52. The average molecular weight is 309 g/mol. The number of hydrogen-bond donors (Lipinski definition) is 2. The highest BCUT2D eigenvalue weighted by atomic mass is 35.5. The van der Waals surface area contributed by atoms with Gasteiger partial charge < -0.3 is 10.4 Å². The van der Waals surface area contributed by atoms with Crippen LogP contribution in [0.2, 0.25) is 5.02 Å². The number of nitrogens with one attached hydrogen (secondary N) is 1. The minimum absolute atomic E-state index is 0.0466. The van der Waals surface area contributed by atoms with Gasteiger partial charge in [0.25, 0.3) is 0 Å². The van der Waals surface area contributed by atoms with E-state index in [0.29, 0.717) is 11.1 Å². The Balaban J connectivity index is 1.92. The molecule has 2 fully saturated rings. The predicted molar refractivity (Wildman–Crippen MR) is 82.1 cm³/mol. The van der Waals surface area contributed by atoms with Gasteiger partial charge in [-0.15, -0.1) is 0 Å². The van der Waals surface area contributed by atoms with E-state index in [9.17, 15) is 4.79 Å². The molecule has 0 radical (unpaired) electrons. The first kappa shape index (κ1) is 14.8. The van der Waals surface area contributed by atoms with E-state index in [2.05, 4.69) is 17.3 Å². The molecule has 1 amide bonds.